The molecule has 2 rings (SSSR count). The summed E-state index contributed by atoms with van der Waals surface area (Å²) in [6.45, 7) is 0. The van der Waals surface area contributed by atoms with Gasteiger partial charge in [0.15, 0.2) is 5.78 Å². The van der Waals surface area contributed by atoms with E-state index >= 15 is 0 Å². The predicted octanol–water partition coefficient (Wildman–Crippen LogP) is 1.37. The number of carbonyl (C=O) groups excluding carboxylic acids is 2. The van der Waals surface area contributed by atoms with Gasteiger partial charge >= 0.3 is 6.03 Å². The molecule has 4 nitrogen and oxygen atoms in total. The van der Waals surface area contributed by atoms with Crippen molar-refractivity contribution < 1.29 is 9.59 Å². The summed E-state index contributed by atoms with van der Waals surface area (Å²) < 4.78 is 0. The summed E-state index contributed by atoms with van der Waals surface area (Å²) in [6, 6.07) is 6.64. The van der Waals surface area contributed by atoms with Crippen LogP contribution in [0.1, 0.15) is 34.8 Å². The smallest absolute Gasteiger partial charge is 0.312 e. The van der Waals surface area contributed by atoms with Crippen molar-refractivity contribution in [1.29, 1.82) is 0 Å². The highest BCUT2D eigenvalue weighted by molar-refractivity contribution is 5.98. The van der Waals surface area contributed by atoms with Crippen molar-refractivity contribution in [3.05, 3.63) is 35.4 Å². The molecule has 0 aromatic heterocycles. The van der Waals surface area contributed by atoms with E-state index in [1.165, 1.54) is 0 Å². The first-order valence-corrected chi connectivity index (χ1v) is 4.86. The molecule has 1 aromatic rings. The Morgan fingerprint density at radius 3 is 2.87 bits per heavy atom. The normalized spacial score (nSPS) is 19.5. The van der Waals surface area contributed by atoms with E-state index in [0.717, 1.165) is 5.56 Å². The topological polar surface area (TPSA) is 72.2 Å². The van der Waals surface area contributed by atoms with Crippen molar-refractivity contribution in [2.24, 2.45) is 5.73 Å². The van der Waals surface area contributed by atoms with Crippen LogP contribution in [0.15, 0.2) is 24.3 Å². The molecular formula is C11H12N2O2. The minimum absolute atomic E-state index is 0.128. The Hall–Kier alpha value is -1.84. The zero-order chi connectivity index (χ0) is 10.8. The third-order valence-electron chi connectivity index (χ3n) is 2.61. The van der Waals surface area contributed by atoms with Gasteiger partial charge in [-0.3, -0.25) is 4.79 Å². The highest BCUT2D eigenvalue weighted by Crippen LogP contribution is 2.29. The van der Waals surface area contributed by atoms with E-state index in [0.29, 0.717) is 18.4 Å². The van der Waals surface area contributed by atoms with Gasteiger partial charge in [0.1, 0.15) is 0 Å². The number of urea groups is 1. The van der Waals surface area contributed by atoms with Crippen LogP contribution in [-0.2, 0) is 0 Å². The van der Waals surface area contributed by atoms with Gasteiger partial charge in [-0.05, 0) is 12.0 Å². The lowest BCUT2D eigenvalue weighted by Gasteiger charge is -2.24. The summed E-state index contributed by atoms with van der Waals surface area (Å²) in [4.78, 5) is 22.4. The summed E-state index contributed by atoms with van der Waals surface area (Å²) in [5.74, 6) is 0.133. The van der Waals surface area contributed by atoms with Crippen LogP contribution in [0, 0.1) is 0 Å². The van der Waals surface area contributed by atoms with Gasteiger partial charge in [-0.15, -0.1) is 0 Å². The number of nitrogens with two attached hydrogens (primary N) is 1. The van der Waals surface area contributed by atoms with Crippen molar-refractivity contribution in [3.63, 3.8) is 0 Å². The number of hydrogen-bond acceptors (Lipinski definition) is 2. The van der Waals surface area contributed by atoms with Gasteiger partial charge < -0.3 is 11.1 Å². The van der Waals surface area contributed by atoms with Crippen molar-refractivity contribution in [3.8, 4) is 0 Å². The average Bonchev–Trinajstić information content (AvgIpc) is 2.22. The minimum atomic E-state index is -0.552. The van der Waals surface area contributed by atoms with Crippen LogP contribution in [-0.4, -0.2) is 11.8 Å². The van der Waals surface area contributed by atoms with Gasteiger partial charge in [-0.25, -0.2) is 4.79 Å². The molecule has 0 bridgehead atoms. The van der Waals surface area contributed by atoms with E-state index in [1.54, 1.807) is 6.07 Å². The Kier molecular flexibility index (Phi) is 2.41. The number of ketones is 1. The Balaban J connectivity index is 2.36. The SMILES string of the molecule is NC(=O)NC1CCC(=O)c2ccccc21. The summed E-state index contributed by atoms with van der Waals surface area (Å²) >= 11 is 0. The maximum atomic E-state index is 11.6. The highest BCUT2D eigenvalue weighted by Gasteiger charge is 2.25. The second kappa shape index (κ2) is 3.73. The van der Waals surface area contributed by atoms with Gasteiger partial charge in [0.2, 0.25) is 0 Å². The molecule has 0 spiro atoms. The standard InChI is InChI=1S/C11H12N2O2/c12-11(15)13-9-5-6-10(14)8-4-2-1-3-7(8)9/h1-4,9H,5-6H2,(H3,12,13,15). The summed E-state index contributed by atoms with van der Waals surface area (Å²) in [5, 5.41) is 2.65. The van der Waals surface area contributed by atoms with Gasteiger partial charge in [-0.1, -0.05) is 24.3 Å². The van der Waals surface area contributed by atoms with Gasteiger partial charge in [0, 0.05) is 12.0 Å². The Morgan fingerprint density at radius 2 is 2.13 bits per heavy atom. The molecule has 78 valence electrons. The van der Waals surface area contributed by atoms with Crippen LogP contribution in [0.4, 0.5) is 4.79 Å². The zero-order valence-corrected chi connectivity index (χ0v) is 8.19. The predicted molar refractivity (Wildman–Crippen MR) is 55.5 cm³/mol. The number of nitrogens with one attached hydrogen (secondary N) is 1. The van der Waals surface area contributed by atoms with E-state index < -0.39 is 6.03 Å². The van der Waals surface area contributed by atoms with Gasteiger partial charge in [-0.2, -0.15) is 0 Å². The van der Waals surface area contributed by atoms with Crippen molar-refractivity contribution in [1.82, 2.24) is 5.32 Å². The van der Waals surface area contributed by atoms with Crippen LogP contribution in [0.3, 0.4) is 0 Å². The monoisotopic (exact) mass is 204 g/mol. The molecule has 1 aliphatic carbocycles. The van der Waals surface area contributed by atoms with Gasteiger partial charge in [0.25, 0.3) is 0 Å². The number of hydrogen-bond donors (Lipinski definition) is 2. The molecule has 0 heterocycles. The number of benzene rings is 1. The molecule has 1 aliphatic rings. The fraction of sp³-hybridized carbons (Fsp3) is 0.273. The van der Waals surface area contributed by atoms with Crippen LogP contribution in [0.25, 0.3) is 0 Å². The Morgan fingerprint density at radius 1 is 1.40 bits per heavy atom. The van der Waals surface area contributed by atoms with E-state index in [-0.39, 0.29) is 11.8 Å². The summed E-state index contributed by atoms with van der Waals surface area (Å²) in [7, 11) is 0. The first-order chi connectivity index (χ1) is 7.18. The van der Waals surface area contributed by atoms with E-state index in [4.69, 9.17) is 5.73 Å². The molecule has 1 atom stereocenters. The highest BCUT2D eigenvalue weighted by atomic mass is 16.2. The fourth-order valence-electron chi connectivity index (χ4n) is 1.94. The van der Waals surface area contributed by atoms with Crippen molar-refractivity contribution in [2.75, 3.05) is 0 Å². The number of fused-ring (bicyclic) bond motifs is 1. The number of amides is 2. The number of carbonyl (C=O) groups is 2. The maximum Gasteiger partial charge on any atom is 0.312 e. The van der Waals surface area contributed by atoms with E-state index in [1.807, 2.05) is 18.2 Å². The number of primary amides is 1. The van der Waals surface area contributed by atoms with Crippen molar-refractivity contribution in [2.45, 2.75) is 18.9 Å². The number of rotatable bonds is 1. The second-order valence-corrected chi connectivity index (χ2v) is 3.61. The Bertz CT molecular complexity index is 415. The molecule has 15 heavy (non-hydrogen) atoms. The largest absolute Gasteiger partial charge is 0.352 e. The molecule has 3 N–H and O–H groups in total. The Labute approximate surface area is 87.5 Å². The van der Waals surface area contributed by atoms with E-state index in [9.17, 15) is 9.59 Å². The molecule has 0 saturated heterocycles. The van der Waals surface area contributed by atoms with Crippen LogP contribution in [0.2, 0.25) is 0 Å². The zero-order valence-electron chi connectivity index (χ0n) is 8.19. The van der Waals surface area contributed by atoms with E-state index in [2.05, 4.69) is 5.32 Å². The maximum absolute atomic E-state index is 11.6. The molecule has 0 fully saturated rings. The molecule has 2 amide bonds. The third kappa shape index (κ3) is 1.83. The summed E-state index contributed by atoms with van der Waals surface area (Å²) in [6.07, 6.45) is 1.08. The second-order valence-electron chi connectivity index (χ2n) is 3.61. The molecule has 0 saturated carbocycles. The quantitative estimate of drug-likeness (QED) is 0.725. The first-order valence-electron chi connectivity index (χ1n) is 4.86. The third-order valence-corrected chi connectivity index (χ3v) is 2.61. The molecule has 4 heteroatoms. The number of Topliss-reactive ketones (excluding diaryl/α,β-unsaturated/α-hetero) is 1. The average molecular weight is 204 g/mol. The molecule has 0 radical (unpaired) electrons. The molecule has 0 aliphatic heterocycles. The molecule has 1 aromatic carbocycles. The first kappa shape index (κ1) is 9.71. The summed E-state index contributed by atoms with van der Waals surface area (Å²) in [5.41, 5.74) is 6.64. The molecule has 1 unspecified atom stereocenters. The van der Waals surface area contributed by atoms with Crippen LogP contribution < -0.4 is 11.1 Å². The minimum Gasteiger partial charge on any atom is -0.352 e. The lowest BCUT2D eigenvalue weighted by Crippen LogP contribution is -2.35. The van der Waals surface area contributed by atoms with Crippen LogP contribution >= 0.6 is 0 Å². The van der Waals surface area contributed by atoms with Crippen LogP contribution in [0.5, 0.6) is 0 Å². The lowest BCUT2D eigenvalue weighted by atomic mass is 9.87. The van der Waals surface area contributed by atoms with Crippen molar-refractivity contribution >= 4 is 11.8 Å². The molecular weight excluding hydrogens is 192 g/mol. The fourth-order valence-corrected chi connectivity index (χ4v) is 1.94. The lowest BCUT2D eigenvalue weighted by molar-refractivity contribution is 0.0964. The van der Waals surface area contributed by atoms with Gasteiger partial charge in [0.05, 0.1) is 6.04 Å².